The Morgan fingerprint density at radius 1 is 1.14 bits per heavy atom. The van der Waals surface area contributed by atoms with E-state index in [4.69, 9.17) is 9.47 Å². The second-order valence-corrected chi connectivity index (χ2v) is 5.61. The standard InChI is InChI=1S/C17H17BrO3/c1-11-7-17(21-3)14(10-15(11)18)16(19)9-12-5-4-6-13(8-12)20-2/h4-8,10H,9H2,1-3H3. The second-order valence-electron chi connectivity index (χ2n) is 4.75. The molecule has 0 saturated carbocycles. The van der Waals surface area contributed by atoms with E-state index in [1.807, 2.05) is 43.3 Å². The predicted octanol–water partition coefficient (Wildman–Crippen LogP) is 4.20. The van der Waals surface area contributed by atoms with Crippen molar-refractivity contribution >= 4 is 21.7 Å². The van der Waals surface area contributed by atoms with Crippen molar-refractivity contribution in [2.24, 2.45) is 0 Å². The molecule has 2 aromatic carbocycles. The van der Waals surface area contributed by atoms with E-state index in [1.165, 1.54) is 0 Å². The van der Waals surface area contributed by atoms with E-state index in [9.17, 15) is 4.79 Å². The molecule has 0 saturated heterocycles. The van der Waals surface area contributed by atoms with Crippen LogP contribution in [0, 0.1) is 6.92 Å². The topological polar surface area (TPSA) is 35.5 Å². The van der Waals surface area contributed by atoms with Crippen LogP contribution in [0.4, 0.5) is 0 Å². The molecule has 2 rings (SSSR count). The molecule has 21 heavy (non-hydrogen) atoms. The number of Topliss-reactive ketones (excluding diaryl/α,β-unsaturated/α-hetero) is 1. The van der Waals surface area contributed by atoms with Gasteiger partial charge in [0.1, 0.15) is 11.5 Å². The number of ether oxygens (including phenoxy) is 2. The first-order valence-electron chi connectivity index (χ1n) is 6.55. The van der Waals surface area contributed by atoms with Crippen molar-refractivity contribution in [2.45, 2.75) is 13.3 Å². The minimum Gasteiger partial charge on any atom is -0.497 e. The number of carbonyl (C=O) groups excluding carboxylic acids is 1. The molecule has 4 heteroatoms. The summed E-state index contributed by atoms with van der Waals surface area (Å²) in [5.41, 5.74) is 2.53. The summed E-state index contributed by atoms with van der Waals surface area (Å²) >= 11 is 3.46. The molecule has 0 bridgehead atoms. The molecule has 0 aliphatic carbocycles. The number of aryl methyl sites for hydroxylation is 1. The maximum atomic E-state index is 12.5. The van der Waals surface area contributed by atoms with Gasteiger partial charge >= 0.3 is 0 Å². The molecule has 0 aliphatic heterocycles. The van der Waals surface area contributed by atoms with E-state index in [0.717, 1.165) is 21.3 Å². The first-order chi connectivity index (χ1) is 10.0. The van der Waals surface area contributed by atoms with Crippen LogP contribution < -0.4 is 9.47 Å². The van der Waals surface area contributed by atoms with Gasteiger partial charge in [0, 0.05) is 10.9 Å². The zero-order valence-corrected chi connectivity index (χ0v) is 13.9. The van der Waals surface area contributed by atoms with E-state index >= 15 is 0 Å². The molecule has 2 aromatic rings. The fraction of sp³-hybridized carbons (Fsp3) is 0.235. The van der Waals surface area contributed by atoms with Gasteiger partial charge in [-0.2, -0.15) is 0 Å². The summed E-state index contributed by atoms with van der Waals surface area (Å²) < 4.78 is 11.4. The molecule has 0 aliphatic rings. The number of halogens is 1. The summed E-state index contributed by atoms with van der Waals surface area (Å²) in [6.45, 7) is 1.96. The van der Waals surface area contributed by atoms with Crippen LogP contribution in [-0.4, -0.2) is 20.0 Å². The highest BCUT2D eigenvalue weighted by molar-refractivity contribution is 9.10. The Morgan fingerprint density at radius 3 is 2.57 bits per heavy atom. The minimum atomic E-state index is 0.0146. The van der Waals surface area contributed by atoms with Gasteiger partial charge in [-0.1, -0.05) is 28.1 Å². The van der Waals surface area contributed by atoms with E-state index in [-0.39, 0.29) is 5.78 Å². The van der Waals surface area contributed by atoms with Crippen LogP contribution in [0.15, 0.2) is 40.9 Å². The van der Waals surface area contributed by atoms with Crippen LogP contribution in [0.2, 0.25) is 0 Å². The van der Waals surface area contributed by atoms with Gasteiger partial charge in [-0.05, 0) is 42.3 Å². The number of benzene rings is 2. The molecule has 0 fully saturated rings. The third kappa shape index (κ3) is 3.64. The van der Waals surface area contributed by atoms with Gasteiger partial charge in [0.2, 0.25) is 0 Å². The normalized spacial score (nSPS) is 10.3. The molecule has 0 spiro atoms. The van der Waals surface area contributed by atoms with Gasteiger partial charge in [0.25, 0.3) is 0 Å². The molecule has 0 aromatic heterocycles. The highest BCUT2D eigenvalue weighted by Gasteiger charge is 2.15. The fourth-order valence-electron chi connectivity index (χ4n) is 2.10. The van der Waals surface area contributed by atoms with Gasteiger partial charge in [0.05, 0.1) is 19.8 Å². The smallest absolute Gasteiger partial charge is 0.170 e. The summed E-state index contributed by atoms with van der Waals surface area (Å²) in [6.07, 6.45) is 0.309. The van der Waals surface area contributed by atoms with E-state index in [1.54, 1.807) is 14.2 Å². The highest BCUT2D eigenvalue weighted by atomic mass is 79.9. The maximum absolute atomic E-state index is 12.5. The Morgan fingerprint density at radius 2 is 1.90 bits per heavy atom. The van der Waals surface area contributed by atoms with Crippen LogP contribution in [0.1, 0.15) is 21.5 Å². The van der Waals surface area contributed by atoms with Crippen molar-refractivity contribution in [1.29, 1.82) is 0 Å². The summed E-state index contributed by atoms with van der Waals surface area (Å²) in [5, 5.41) is 0. The van der Waals surface area contributed by atoms with Crippen molar-refractivity contribution < 1.29 is 14.3 Å². The van der Waals surface area contributed by atoms with Crippen molar-refractivity contribution in [3.63, 3.8) is 0 Å². The Bertz CT molecular complexity index is 665. The fourth-order valence-corrected chi connectivity index (χ4v) is 2.45. The predicted molar refractivity (Wildman–Crippen MR) is 86.5 cm³/mol. The number of hydrogen-bond acceptors (Lipinski definition) is 3. The lowest BCUT2D eigenvalue weighted by Crippen LogP contribution is -2.06. The number of hydrogen-bond donors (Lipinski definition) is 0. The molecule has 0 N–H and O–H groups in total. The molecule has 0 amide bonds. The van der Waals surface area contributed by atoms with Crippen LogP contribution in [0.3, 0.4) is 0 Å². The van der Waals surface area contributed by atoms with Gasteiger partial charge in [-0.25, -0.2) is 0 Å². The van der Waals surface area contributed by atoms with Crippen molar-refractivity contribution in [1.82, 2.24) is 0 Å². The Balaban J connectivity index is 2.29. The Labute approximate surface area is 133 Å². The van der Waals surface area contributed by atoms with Crippen LogP contribution in [0.25, 0.3) is 0 Å². The average molecular weight is 349 g/mol. The van der Waals surface area contributed by atoms with Gasteiger partial charge in [-0.15, -0.1) is 0 Å². The van der Waals surface area contributed by atoms with Crippen LogP contribution in [0.5, 0.6) is 11.5 Å². The quantitative estimate of drug-likeness (QED) is 0.759. The first-order valence-corrected chi connectivity index (χ1v) is 7.34. The molecular weight excluding hydrogens is 332 g/mol. The molecular formula is C17H17BrO3. The summed E-state index contributed by atoms with van der Waals surface area (Å²) in [5.74, 6) is 1.36. The van der Waals surface area contributed by atoms with Crippen LogP contribution in [-0.2, 0) is 6.42 Å². The third-order valence-corrected chi connectivity index (χ3v) is 4.13. The lowest BCUT2D eigenvalue weighted by molar-refractivity contribution is 0.0990. The number of carbonyl (C=O) groups is 1. The molecule has 3 nitrogen and oxygen atoms in total. The van der Waals surface area contributed by atoms with E-state index < -0.39 is 0 Å². The average Bonchev–Trinajstić information content (AvgIpc) is 2.49. The number of ketones is 1. The molecule has 0 radical (unpaired) electrons. The lowest BCUT2D eigenvalue weighted by Gasteiger charge is -2.11. The van der Waals surface area contributed by atoms with Gasteiger partial charge in [-0.3, -0.25) is 4.79 Å². The number of rotatable bonds is 5. The molecule has 0 atom stereocenters. The number of methoxy groups -OCH3 is 2. The van der Waals surface area contributed by atoms with Gasteiger partial charge < -0.3 is 9.47 Å². The molecule has 0 heterocycles. The Hall–Kier alpha value is -1.81. The SMILES string of the molecule is COc1cccc(CC(=O)c2cc(Br)c(C)cc2OC)c1. The first kappa shape index (κ1) is 15.6. The van der Waals surface area contributed by atoms with E-state index in [2.05, 4.69) is 15.9 Å². The summed E-state index contributed by atoms with van der Waals surface area (Å²) in [4.78, 5) is 12.5. The largest absolute Gasteiger partial charge is 0.497 e. The van der Waals surface area contributed by atoms with Crippen molar-refractivity contribution in [3.8, 4) is 11.5 Å². The summed E-state index contributed by atoms with van der Waals surface area (Å²) in [6, 6.07) is 11.2. The zero-order chi connectivity index (χ0) is 15.4. The van der Waals surface area contributed by atoms with Crippen LogP contribution >= 0.6 is 15.9 Å². The summed E-state index contributed by atoms with van der Waals surface area (Å²) in [7, 11) is 3.19. The lowest BCUT2D eigenvalue weighted by atomic mass is 10.0. The highest BCUT2D eigenvalue weighted by Crippen LogP contribution is 2.28. The minimum absolute atomic E-state index is 0.0146. The second kappa shape index (κ2) is 6.76. The third-order valence-electron chi connectivity index (χ3n) is 3.28. The monoisotopic (exact) mass is 348 g/mol. The molecule has 0 unspecified atom stereocenters. The Kier molecular flexibility index (Phi) is 5.02. The van der Waals surface area contributed by atoms with Crippen molar-refractivity contribution in [2.75, 3.05) is 14.2 Å². The van der Waals surface area contributed by atoms with Crippen molar-refractivity contribution in [3.05, 3.63) is 57.6 Å². The van der Waals surface area contributed by atoms with E-state index in [0.29, 0.717) is 17.7 Å². The van der Waals surface area contributed by atoms with Gasteiger partial charge in [0.15, 0.2) is 5.78 Å². The maximum Gasteiger partial charge on any atom is 0.170 e. The molecule has 110 valence electrons. The zero-order valence-electron chi connectivity index (χ0n) is 12.3.